The van der Waals surface area contributed by atoms with Gasteiger partial charge in [0.15, 0.2) is 0 Å². The number of nitrogens with one attached hydrogen (secondary N) is 1. The van der Waals surface area contributed by atoms with E-state index >= 15 is 0 Å². The lowest BCUT2D eigenvalue weighted by Gasteiger charge is -2.32. The molecule has 1 aliphatic heterocycles. The van der Waals surface area contributed by atoms with Crippen LogP contribution in [-0.2, 0) is 5.41 Å². The SMILES string of the molecule is CCNCC1CCN(C(=O)c2scnc2C(C)(C)C)CC1.Cl.Cl. The first kappa shape index (κ1) is 22.6. The van der Waals surface area contributed by atoms with E-state index in [4.69, 9.17) is 0 Å². The summed E-state index contributed by atoms with van der Waals surface area (Å²) in [7, 11) is 0. The number of likely N-dealkylation sites (tertiary alicyclic amines) is 1. The van der Waals surface area contributed by atoms with Gasteiger partial charge in [0.25, 0.3) is 5.91 Å². The molecule has 0 unspecified atom stereocenters. The van der Waals surface area contributed by atoms with Crippen molar-refractivity contribution < 1.29 is 4.79 Å². The van der Waals surface area contributed by atoms with Gasteiger partial charge in [-0.15, -0.1) is 36.2 Å². The zero-order valence-corrected chi connectivity index (χ0v) is 16.9. The normalized spacial score (nSPS) is 15.7. The summed E-state index contributed by atoms with van der Waals surface area (Å²) in [6.45, 7) is 12.3. The number of hydrogen-bond acceptors (Lipinski definition) is 4. The van der Waals surface area contributed by atoms with E-state index in [1.807, 2.05) is 4.90 Å². The quantitative estimate of drug-likeness (QED) is 0.863. The van der Waals surface area contributed by atoms with Gasteiger partial charge < -0.3 is 10.2 Å². The fraction of sp³-hybridized carbons (Fsp3) is 0.750. The Hall–Kier alpha value is -0.360. The first-order chi connectivity index (χ1) is 9.93. The molecule has 1 saturated heterocycles. The summed E-state index contributed by atoms with van der Waals surface area (Å²) < 4.78 is 0. The van der Waals surface area contributed by atoms with E-state index in [0.717, 1.165) is 49.6 Å². The Morgan fingerprint density at radius 2 is 1.96 bits per heavy atom. The Morgan fingerprint density at radius 3 is 2.48 bits per heavy atom. The third kappa shape index (κ3) is 5.89. The highest BCUT2D eigenvalue weighted by atomic mass is 35.5. The number of rotatable bonds is 4. The number of nitrogens with zero attached hydrogens (tertiary/aromatic N) is 2. The summed E-state index contributed by atoms with van der Waals surface area (Å²) in [6, 6.07) is 0. The van der Waals surface area contributed by atoms with Crippen LogP contribution in [0.5, 0.6) is 0 Å². The lowest BCUT2D eigenvalue weighted by atomic mass is 9.90. The van der Waals surface area contributed by atoms with Gasteiger partial charge in [0.05, 0.1) is 11.2 Å². The van der Waals surface area contributed by atoms with Crippen molar-refractivity contribution in [1.82, 2.24) is 15.2 Å². The molecular formula is C16H29Cl2N3OS. The van der Waals surface area contributed by atoms with E-state index in [9.17, 15) is 4.79 Å². The Balaban J connectivity index is 0.00000242. The second-order valence-electron chi connectivity index (χ2n) is 6.82. The highest BCUT2D eigenvalue weighted by molar-refractivity contribution is 7.11. The molecular weight excluding hydrogens is 353 g/mol. The molecule has 0 saturated carbocycles. The number of thiazole rings is 1. The fourth-order valence-corrected chi connectivity index (χ4v) is 3.73. The van der Waals surface area contributed by atoms with E-state index < -0.39 is 0 Å². The van der Waals surface area contributed by atoms with E-state index in [-0.39, 0.29) is 36.1 Å². The van der Waals surface area contributed by atoms with Gasteiger partial charge >= 0.3 is 0 Å². The van der Waals surface area contributed by atoms with Crippen LogP contribution < -0.4 is 5.32 Å². The lowest BCUT2D eigenvalue weighted by molar-refractivity contribution is 0.0692. The van der Waals surface area contributed by atoms with Gasteiger partial charge in [-0.1, -0.05) is 27.7 Å². The van der Waals surface area contributed by atoms with E-state index in [1.54, 1.807) is 5.51 Å². The van der Waals surface area contributed by atoms with Gasteiger partial charge in [0.2, 0.25) is 0 Å². The number of aromatic nitrogens is 1. The maximum Gasteiger partial charge on any atom is 0.265 e. The highest BCUT2D eigenvalue weighted by Crippen LogP contribution is 2.29. The Bertz CT molecular complexity index is 480. The second-order valence-corrected chi connectivity index (χ2v) is 7.68. The lowest BCUT2D eigenvalue weighted by Crippen LogP contribution is -2.41. The van der Waals surface area contributed by atoms with Gasteiger partial charge in [-0.25, -0.2) is 4.98 Å². The van der Waals surface area contributed by atoms with Crippen LogP contribution >= 0.6 is 36.2 Å². The molecule has 0 spiro atoms. The van der Waals surface area contributed by atoms with E-state index in [0.29, 0.717) is 5.92 Å². The summed E-state index contributed by atoms with van der Waals surface area (Å²) in [6.07, 6.45) is 2.20. The Kier molecular flexibility index (Phi) is 9.67. The molecule has 1 aromatic rings. The number of piperidine rings is 1. The Morgan fingerprint density at radius 1 is 1.35 bits per heavy atom. The molecule has 1 fully saturated rings. The molecule has 0 aromatic carbocycles. The predicted octanol–water partition coefficient (Wildman–Crippen LogP) is 3.75. The van der Waals surface area contributed by atoms with Crippen LogP contribution in [0.1, 0.15) is 55.9 Å². The monoisotopic (exact) mass is 381 g/mol. The van der Waals surface area contributed by atoms with Crippen LogP contribution in [0.2, 0.25) is 0 Å². The summed E-state index contributed by atoms with van der Waals surface area (Å²) >= 11 is 1.48. The summed E-state index contributed by atoms with van der Waals surface area (Å²) in [4.78, 5) is 20.0. The zero-order valence-electron chi connectivity index (χ0n) is 14.4. The molecule has 2 rings (SSSR count). The molecule has 0 aliphatic carbocycles. The van der Waals surface area contributed by atoms with Crippen molar-refractivity contribution in [2.45, 2.75) is 46.0 Å². The number of halogens is 2. The van der Waals surface area contributed by atoms with Crippen molar-refractivity contribution in [3.8, 4) is 0 Å². The molecule has 0 bridgehead atoms. The van der Waals surface area contributed by atoms with Crippen LogP contribution in [0, 0.1) is 5.92 Å². The molecule has 23 heavy (non-hydrogen) atoms. The summed E-state index contributed by atoms with van der Waals surface area (Å²) in [5, 5.41) is 3.41. The molecule has 0 atom stereocenters. The molecule has 2 heterocycles. The van der Waals surface area contributed by atoms with Crippen LogP contribution in [0.15, 0.2) is 5.51 Å². The minimum Gasteiger partial charge on any atom is -0.338 e. The topological polar surface area (TPSA) is 45.2 Å². The smallest absolute Gasteiger partial charge is 0.265 e. The fourth-order valence-electron chi connectivity index (χ4n) is 2.76. The van der Waals surface area contributed by atoms with Crippen molar-refractivity contribution >= 4 is 42.1 Å². The van der Waals surface area contributed by atoms with Crippen molar-refractivity contribution in [3.63, 3.8) is 0 Å². The molecule has 7 heteroatoms. The van der Waals surface area contributed by atoms with Crippen molar-refractivity contribution in [1.29, 1.82) is 0 Å². The van der Waals surface area contributed by atoms with Crippen LogP contribution in [0.25, 0.3) is 0 Å². The second kappa shape index (κ2) is 9.82. The standard InChI is InChI=1S/C16H27N3OS.2ClH/c1-5-17-10-12-6-8-19(9-7-12)15(20)13-14(16(2,3)4)18-11-21-13;;/h11-12,17H,5-10H2,1-4H3;2*1H. The summed E-state index contributed by atoms with van der Waals surface area (Å²) in [5.41, 5.74) is 2.66. The average molecular weight is 382 g/mol. The van der Waals surface area contributed by atoms with Crippen molar-refractivity contribution in [3.05, 3.63) is 16.1 Å². The number of carbonyl (C=O) groups is 1. The third-order valence-electron chi connectivity index (χ3n) is 4.06. The van der Waals surface area contributed by atoms with E-state index in [2.05, 4.69) is 38.0 Å². The van der Waals surface area contributed by atoms with E-state index in [1.165, 1.54) is 11.3 Å². The molecule has 1 aliphatic rings. The molecule has 1 N–H and O–H groups in total. The minimum absolute atomic E-state index is 0. The predicted molar refractivity (Wildman–Crippen MR) is 102 cm³/mol. The first-order valence-electron chi connectivity index (χ1n) is 7.87. The van der Waals surface area contributed by atoms with Gasteiger partial charge in [-0.3, -0.25) is 4.79 Å². The number of hydrogen-bond donors (Lipinski definition) is 1. The number of amides is 1. The van der Waals surface area contributed by atoms with Crippen molar-refractivity contribution in [2.24, 2.45) is 5.92 Å². The molecule has 0 radical (unpaired) electrons. The molecule has 4 nitrogen and oxygen atoms in total. The first-order valence-corrected chi connectivity index (χ1v) is 8.75. The van der Waals surface area contributed by atoms with Gasteiger partial charge in [-0.05, 0) is 31.8 Å². The van der Waals surface area contributed by atoms with Crippen LogP contribution in [0.3, 0.4) is 0 Å². The van der Waals surface area contributed by atoms with Gasteiger partial charge in [-0.2, -0.15) is 0 Å². The van der Waals surface area contributed by atoms with Gasteiger partial charge in [0.1, 0.15) is 4.88 Å². The van der Waals surface area contributed by atoms with Crippen LogP contribution in [-0.4, -0.2) is 42.0 Å². The largest absolute Gasteiger partial charge is 0.338 e. The Labute approximate surface area is 156 Å². The number of carbonyl (C=O) groups excluding carboxylic acids is 1. The maximum absolute atomic E-state index is 12.7. The molecule has 1 aromatic heterocycles. The van der Waals surface area contributed by atoms with Gasteiger partial charge in [0, 0.05) is 18.5 Å². The third-order valence-corrected chi connectivity index (χ3v) is 4.87. The maximum atomic E-state index is 12.7. The average Bonchev–Trinajstić information content (AvgIpc) is 2.94. The highest BCUT2D eigenvalue weighted by Gasteiger charge is 2.29. The zero-order chi connectivity index (χ0) is 15.5. The van der Waals surface area contributed by atoms with Crippen molar-refractivity contribution in [2.75, 3.05) is 26.2 Å². The molecule has 134 valence electrons. The molecule has 1 amide bonds. The minimum atomic E-state index is -0.0750. The summed E-state index contributed by atoms with van der Waals surface area (Å²) in [5.74, 6) is 0.877. The van der Waals surface area contributed by atoms with Crippen LogP contribution in [0.4, 0.5) is 0 Å².